The van der Waals surface area contributed by atoms with Crippen LogP contribution < -0.4 is 10.0 Å². The third-order valence-corrected chi connectivity index (χ3v) is 4.77. The lowest BCUT2D eigenvalue weighted by molar-refractivity contribution is 0.102. The second-order valence-electron chi connectivity index (χ2n) is 5.85. The second-order valence-corrected chi connectivity index (χ2v) is 6.73. The van der Waals surface area contributed by atoms with Crippen LogP contribution in [-0.4, -0.2) is 5.91 Å². The lowest BCUT2D eigenvalue weighted by Crippen LogP contribution is -2.12. The van der Waals surface area contributed by atoms with E-state index in [1.54, 1.807) is 0 Å². The van der Waals surface area contributed by atoms with Crippen molar-refractivity contribution >= 4 is 29.2 Å². The average Bonchev–Trinajstić information content (AvgIpc) is 2.63. The van der Waals surface area contributed by atoms with Crippen LogP contribution >= 0.6 is 11.9 Å². The number of anilines is 2. The van der Waals surface area contributed by atoms with Crippen molar-refractivity contribution in [1.29, 1.82) is 0 Å². The Kier molecular flexibility index (Phi) is 5.41. The van der Waals surface area contributed by atoms with E-state index < -0.39 is 0 Å². The molecule has 3 nitrogen and oxygen atoms in total. The van der Waals surface area contributed by atoms with Crippen molar-refractivity contribution in [3.05, 3.63) is 89.5 Å². The van der Waals surface area contributed by atoms with Crippen molar-refractivity contribution in [3.63, 3.8) is 0 Å². The minimum atomic E-state index is -0.101. The van der Waals surface area contributed by atoms with E-state index in [4.69, 9.17) is 0 Å². The van der Waals surface area contributed by atoms with Crippen molar-refractivity contribution in [3.8, 4) is 0 Å². The number of aryl methyl sites for hydroxylation is 2. The SMILES string of the molecule is Cc1ccc(C(=O)Nc2cccc(NSc3ccccc3)c2)cc1C. The monoisotopic (exact) mass is 348 g/mol. The van der Waals surface area contributed by atoms with Gasteiger partial charge in [-0.15, -0.1) is 0 Å². The molecular formula is C21H20N2OS. The van der Waals surface area contributed by atoms with Gasteiger partial charge >= 0.3 is 0 Å². The normalized spacial score (nSPS) is 10.3. The van der Waals surface area contributed by atoms with E-state index in [9.17, 15) is 4.79 Å². The fraction of sp³-hybridized carbons (Fsp3) is 0.0952. The first kappa shape index (κ1) is 17.1. The third kappa shape index (κ3) is 4.64. The van der Waals surface area contributed by atoms with Gasteiger partial charge in [-0.1, -0.05) is 30.3 Å². The molecule has 0 aliphatic heterocycles. The van der Waals surface area contributed by atoms with Gasteiger partial charge in [0.2, 0.25) is 0 Å². The molecule has 4 heteroatoms. The van der Waals surface area contributed by atoms with Gasteiger partial charge in [-0.25, -0.2) is 0 Å². The Balaban J connectivity index is 1.66. The molecule has 0 spiro atoms. The Morgan fingerprint density at radius 3 is 2.32 bits per heavy atom. The van der Waals surface area contributed by atoms with E-state index in [1.165, 1.54) is 17.5 Å². The topological polar surface area (TPSA) is 41.1 Å². The fourth-order valence-corrected chi connectivity index (χ4v) is 3.01. The molecule has 0 aromatic heterocycles. The fourth-order valence-electron chi connectivity index (χ4n) is 2.35. The van der Waals surface area contributed by atoms with Crippen molar-refractivity contribution < 1.29 is 4.79 Å². The summed E-state index contributed by atoms with van der Waals surface area (Å²) in [6.45, 7) is 4.05. The highest BCUT2D eigenvalue weighted by molar-refractivity contribution is 8.00. The Morgan fingerprint density at radius 2 is 1.56 bits per heavy atom. The summed E-state index contributed by atoms with van der Waals surface area (Å²) in [6.07, 6.45) is 0. The first-order valence-electron chi connectivity index (χ1n) is 8.08. The number of rotatable bonds is 5. The number of carbonyl (C=O) groups is 1. The largest absolute Gasteiger partial charge is 0.326 e. The quantitative estimate of drug-likeness (QED) is 0.583. The summed E-state index contributed by atoms with van der Waals surface area (Å²) >= 11 is 1.54. The van der Waals surface area contributed by atoms with Gasteiger partial charge in [-0.2, -0.15) is 0 Å². The molecule has 3 aromatic carbocycles. The van der Waals surface area contributed by atoms with E-state index in [-0.39, 0.29) is 5.91 Å². The summed E-state index contributed by atoms with van der Waals surface area (Å²) < 4.78 is 3.30. The lowest BCUT2D eigenvalue weighted by atomic mass is 10.1. The minimum Gasteiger partial charge on any atom is -0.326 e. The summed E-state index contributed by atoms with van der Waals surface area (Å²) in [5.41, 5.74) is 4.66. The number of hydrogen-bond donors (Lipinski definition) is 2. The number of amides is 1. The molecule has 0 fully saturated rings. The minimum absolute atomic E-state index is 0.101. The van der Waals surface area contributed by atoms with Gasteiger partial charge in [-0.3, -0.25) is 4.79 Å². The molecule has 0 unspecified atom stereocenters. The van der Waals surface area contributed by atoms with Crippen molar-refractivity contribution in [2.24, 2.45) is 0 Å². The molecule has 0 bridgehead atoms. The number of nitrogens with one attached hydrogen (secondary N) is 2. The molecule has 1 amide bonds. The predicted octanol–water partition coefficient (Wildman–Crippen LogP) is 5.67. The highest BCUT2D eigenvalue weighted by Gasteiger charge is 2.07. The van der Waals surface area contributed by atoms with E-state index >= 15 is 0 Å². The zero-order chi connectivity index (χ0) is 17.6. The van der Waals surface area contributed by atoms with E-state index in [0.29, 0.717) is 5.56 Å². The molecule has 0 radical (unpaired) electrons. The zero-order valence-electron chi connectivity index (χ0n) is 14.2. The maximum Gasteiger partial charge on any atom is 0.255 e. The van der Waals surface area contributed by atoms with Crippen LogP contribution in [0.1, 0.15) is 21.5 Å². The summed E-state index contributed by atoms with van der Waals surface area (Å²) in [4.78, 5) is 13.6. The molecule has 0 heterocycles. The molecule has 3 aromatic rings. The smallest absolute Gasteiger partial charge is 0.255 e. The molecule has 126 valence electrons. The van der Waals surface area contributed by atoms with Crippen LogP contribution in [0.4, 0.5) is 11.4 Å². The maximum absolute atomic E-state index is 12.4. The van der Waals surface area contributed by atoms with Crippen molar-refractivity contribution in [2.75, 3.05) is 10.0 Å². The summed E-state index contributed by atoms with van der Waals surface area (Å²) in [7, 11) is 0. The van der Waals surface area contributed by atoms with Gasteiger partial charge < -0.3 is 10.0 Å². The lowest BCUT2D eigenvalue weighted by Gasteiger charge is -2.10. The molecule has 0 aliphatic rings. The average molecular weight is 348 g/mol. The van der Waals surface area contributed by atoms with Crippen LogP contribution in [-0.2, 0) is 0 Å². The Labute approximate surface area is 152 Å². The highest BCUT2D eigenvalue weighted by Crippen LogP contribution is 2.23. The molecule has 0 atom stereocenters. The number of carbonyl (C=O) groups excluding carboxylic acids is 1. The Hall–Kier alpha value is -2.72. The van der Waals surface area contributed by atoms with E-state index in [0.717, 1.165) is 21.8 Å². The first-order valence-corrected chi connectivity index (χ1v) is 8.90. The molecule has 25 heavy (non-hydrogen) atoms. The molecule has 0 saturated carbocycles. The molecule has 3 rings (SSSR count). The Bertz CT molecular complexity index is 878. The van der Waals surface area contributed by atoms with Crippen LogP contribution in [0.5, 0.6) is 0 Å². The van der Waals surface area contributed by atoms with Gasteiger partial charge in [0.1, 0.15) is 0 Å². The van der Waals surface area contributed by atoms with Gasteiger partial charge in [0.25, 0.3) is 5.91 Å². The van der Waals surface area contributed by atoms with Crippen molar-refractivity contribution in [2.45, 2.75) is 18.7 Å². The standard InChI is InChI=1S/C21H20N2OS/c1-15-11-12-17(13-16(15)2)21(24)22-18-7-6-8-19(14-18)23-25-20-9-4-3-5-10-20/h3-14,23H,1-2H3,(H,22,24). The third-order valence-electron chi connectivity index (χ3n) is 3.92. The summed E-state index contributed by atoms with van der Waals surface area (Å²) in [6, 6.07) is 23.5. The molecule has 2 N–H and O–H groups in total. The zero-order valence-corrected chi connectivity index (χ0v) is 15.1. The van der Waals surface area contributed by atoms with Crippen LogP contribution in [0.25, 0.3) is 0 Å². The van der Waals surface area contributed by atoms with Gasteiger partial charge in [0, 0.05) is 21.8 Å². The van der Waals surface area contributed by atoms with Crippen LogP contribution in [0.2, 0.25) is 0 Å². The van der Waals surface area contributed by atoms with Crippen LogP contribution in [0.3, 0.4) is 0 Å². The van der Waals surface area contributed by atoms with E-state index in [1.807, 2.05) is 86.6 Å². The second kappa shape index (κ2) is 7.90. The number of hydrogen-bond acceptors (Lipinski definition) is 3. The van der Waals surface area contributed by atoms with E-state index in [2.05, 4.69) is 10.0 Å². The van der Waals surface area contributed by atoms with Crippen LogP contribution in [0, 0.1) is 13.8 Å². The maximum atomic E-state index is 12.4. The Morgan fingerprint density at radius 1 is 0.800 bits per heavy atom. The molecule has 0 saturated heterocycles. The molecular weight excluding hydrogens is 328 g/mol. The summed E-state index contributed by atoms with van der Waals surface area (Å²) in [5, 5.41) is 2.96. The van der Waals surface area contributed by atoms with Crippen molar-refractivity contribution in [1.82, 2.24) is 0 Å². The van der Waals surface area contributed by atoms with Crippen LogP contribution in [0.15, 0.2) is 77.7 Å². The summed E-state index contributed by atoms with van der Waals surface area (Å²) in [5.74, 6) is -0.101. The number of benzene rings is 3. The predicted molar refractivity (Wildman–Crippen MR) is 106 cm³/mol. The van der Waals surface area contributed by atoms with Gasteiger partial charge in [-0.05, 0) is 79.4 Å². The van der Waals surface area contributed by atoms with Gasteiger partial charge in [0.15, 0.2) is 0 Å². The first-order chi connectivity index (χ1) is 12.1. The van der Waals surface area contributed by atoms with Gasteiger partial charge in [0.05, 0.1) is 0 Å². The highest BCUT2D eigenvalue weighted by atomic mass is 32.2. The molecule has 0 aliphatic carbocycles.